The van der Waals surface area contributed by atoms with Crippen molar-refractivity contribution in [1.29, 1.82) is 0 Å². The Bertz CT molecular complexity index is 293. The van der Waals surface area contributed by atoms with Gasteiger partial charge in [0.15, 0.2) is 0 Å². The molecule has 0 amide bonds. The van der Waals surface area contributed by atoms with Crippen LogP contribution < -0.4 is 5.32 Å². The third-order valence-electron chi connectivity index (χ3n) is 3.41. The lowest BCUT2D eigenvalue weighted by Crippen LogP contribution is -2.31. The van der Waals surface area contributed by atoms with E-state index in [1.807, 2.05) is 6.07 Å². The summed E-state index contributed by atoms with van der Waals surface area (Å²) in [6.45, 7) is 0.249. The van der Waals surface area contributed by atoms with Crippen LogP contribution in [0.5, 0.6) is 0 Å². The first-order chi connectivity index (χ1) is 7.90. The van der Waals surface area contributed by atoms with E-state index in [0.717, 1.165) is 6.42 Å². The standard InChI is InChI=1S/C14H21NO/c16-11-10-14(12-6-2-1-3-7-12)15-13-8-4-5-9-13/h1-3,6-7,13-16H,4-5,8-11H2/t14-/m1/s1. The highest BCUT2D eigenvalue weighted by Gasteiger charge is 2.19. The molecule has 1 aromatic rings. The topological polar surface area (TPSA) is 32.3 Å². The summed E-state index contributed by atoms with van der Waals surface area (Å²) in [5.74, 6) is 0. The van der Waals surface area contributed by atoms with Crippen LogP contribution in [0.25, 0.3) is 0 Å². The smallest absolute Gasteiger partial charge is 0.0449 e. The molecule has 16 heavy (non-hydrogen) atoms. The summed E-state index contributed by atoms with van der Waals surface area (Å²) in [5, 5.41) is 12.8. The van der Waals surface area contributed by atoms with Crippen molar-refractivity contribution < 1.29 is 5.11 Å². The SMILES string of the molecule is OCC[C@@H](NC1CCCC1)c1ccccc1. The highest BCUT2D eigenvalue weighted by Crippen LogP contribution is 2.23. The van der Waals surface area contributed by atoms with Crippen LogP contribution in [-0.4, -0.2) is 17.8 Å². The van der Waals surface area contributed by atoms with Crippen molar-refractivity contribution in [3.63, 3.8) is 0 Å². The Morgan fingerprint density at radius 1 is 1.19 bits per heavy atom. The maximum atomic E-state index is 9.13. The van der Waals surface area contributed by atoms with Crippen molar-refractivity contribution >= 4 is 0 Å². The van der Waals surface area contributed by atoms with Gasteiger partial charge in [-0.3, -0.25) is 0 Å². The van der Waals surface area contributed by atoms with Crippen LogP contribution in [0.2, 0.25) is 0 Å². The van der Waals surface area contributed by atoms with Crippen molar-refractivity contribution in [2.24, 2.45) is 0 Å². The molecule has 1 aromatic carbocycles. The van der Waals surface area contributed by atoms with Gasteiger partial charge in [0.2, 0.25) is 0 Å². The van der Waals surface area contributed by atoms with Crippen molar-refractivity contribution in [2.45, 2.75) is 44.2 Å². The van der Waals surface area contributed by atoms with Crippen molar-refractivity contribution in [3.8, 4) is 0 Å². The first kappa shape index (κ1) is 11.6. The van der Waals surface area contributed by atoms with E-state index in [2.05, 4.69) is 29.6 Å². The molecule has 0 heterocycles. The van der Waals surface area contributed by atoms with Gasteiger partial charge in [0.1, 0.15) is 0 Å². The van der Waals surface area contributed by atoms with Crippen LogP contribution in [0.1, 0.15) is 43.7 Å². The largest absolute Gasteiger partial charge is 0.396 e. The normalized spacial score (nSPS) is 18.8. The Morgan fingerprint density at radius 2 is 1.88 bits per heavy atom. The molecular weight excluding hydrogens is 198 g/mol. The fourth-order valence-electron chi connectivity index (χ4n) is 2.54. The van der Waals surface area contributed by atoms with Crippen molar-refractivity contribution in [2.75, 3.05) is 6.61 Å². The molecule has 0 unspecified atom stereocenters. The summed E-state index contributed by atoms with van der Waals surface area (Å²) in [6.07, 6.45) is 6.07. The molecule has 0 aliphatic heterocycles. The maximum Gasteiger partial charge on any atom is 0.0449 e. The average molecular weight is 219 g/mol. The number of hydrogen-bond donors (Lipinski definition) is 2. The summed E-state index contributed by atoms with van der Waals surface area (Å²) < 4.78 is 0. The molecule has 88 valence electrons. The summed E-state index contributed by atoms with van der Waals surface area (Å²) in [5.41, 5.74) is 1.29. The second-order valence-electron chi connectivity index (χ2n) is 4.62. The van der Waals surface area contributed by atoms with Crippen LogP contribution in [-0.2, 0) is 0 Å². The van der Waals surface area contributed by atoms with E-state index in [1.165, 1.54) is 31.2 Å². The highest BCUT2D eigenvalue weighted by molar-refractivity contribution is 5.19. The molecule has 0 saturated heterocycles. The lowest BCUT2D eigenvalue weighted by Gasteiger charge is -2.22. The van der Waals surface area contributed by atoms with E-state index in [9.17, 15) is 0 Å². The molecule has 2 N–H and O–H groups in total. The summed E-state index contributed by atoms with van der Waals surface area (Å²) >= 11 is 0. The number of hydrogen-bond acceptors (Lipinski definition) is 2. The van der Waals surface area contributed by atoms with Gasteiger partial charge >= 0.3 is 0 Å². The fourth-order valence-corrected chi connectivity index (χ4v) is 2.54. The summed E-state index contributed by atoms with van der Waals surface area (Å²) in [6, 6.07) is 11.4. The molecule has 0 radical (unpaired) electrons. The van der Waals surface area contributed by atoms with Gasteiger partial charge in [-0.15, -0.1) is 0 Å². The number of nitrogens with one attached hydrogen (secondary N) is 1. The first-order valence-corrected chi connectivity index (χ1v) is 6.32. The lowest BCUT2D eigenvalue weighted by molar-refractivity contribution is 0.258. The van der Waals surface area contributed by atoms with Crippen LogP contribution >= 0.6 is 0 Å². The average Bonchev–Trinajstić information content (AvgIpc) is 2.83. The third-order valence-corrected chi connectivity index (χ3v) is 3.41. The first-order valence-electron chi connectivity index (χ1n) is 6.32. The molecule has 1 saturated carbocycles. The highest BCUT2D eigenvalue weighted by atomic mass is 16.3. The van der Waals surface area contributed by atoms with Gasteiger partial charge in [-0.1, -0.05) is 43.2 Å². The van der Waals surface area contributed by atoms with Gasteiger partial charge in [0, 0.05) is 18.7 Å². The number of benzene rings is 1. The minimum Gasteiger partial charge on any atom is -0.396 e. The van der Waals surface area contributed by atoms with Gasteiger partial charge in [-0.05, 0) is 24.8 Å². The number of aliphatic hydroxyl groups excluding tert-OH is 1. The van der Waals surface area contributed by atoms with E-state index < -0.39 is 0 Å². The quantitative estimate of drug-likeness (QED) is 0.798. The molecule has 0 bridgehead atoms. The van der Waals surface area contributed by atoms with Crippen molar-refractivity contribution in [1.82, 2.24) is 5.32 Å². The Labute approximate surface area is 97.7 Å². The number of aliphatic hydroxyl groups is 1. The zero-order chi connectivity index (χ0) is 11.2. The molecule has 1 fully saturated rings. The van der Waals surface area contributed by atoms with Crippen LogP contribution in [0.3, 0.4) is 0 Å². The van der Waals surface area contributed by atoms with E-state index in [0.29, 0.717) is 12.1 Å². The predicted molar refractivity (Wildman–Crippen MR) is 66.3 cm³/mol. The second kappa shape index (κ2) is 6.02. The Kier molecular flexibility index (Phi) is 4.37. The third kappa shape index (κ3) is 3.06. The van der Waals surface area contributed by atoms with E-state index >= 15 is 0 Å². The molecule has 1 aliphatic carbocycles. The summed E-state index contributed by atoms with van der Waals surface area (Å²) in [4.78, 5) is 0. The van der Waals surface area contributed by atoms with E-state index in [4.69, 9.17) is 5.11 Å². The minimum atomic E-state index is 0.249. The predicted octanol–water partition coefficient (Wildman–Crippen LogP) is 2.64. The molecule has 2 heteroatoms. The lowest BCUT2D eigenvalue weighted by atomic mass is 10.0. The van der Waals surface area contributed by atoms with Gasteiger partial charge in [-0.2, -0.15) is 0 Å². The molecule has 0 spiro atoms. The number of rotatable bonds is 5. The van der Waals surface area contributed by atoms with Gasteiger partial charge in [-0.25, -0.2) is 0 Å². The molecule has 1 atom stereocenters. The van der Waals surface area contributed by atoms with E-state index in [-0.39, 0.29) is 6.61 Å². The Balaban J connectivity index is 1.99. The van der Waals surface area contributed by atoms with Gasteiger partial charge in [0.25, 0.3) is 0 Å². The van der Waals surface area contributed by atoms with E-state index in [1.54, 1.807) is 0 Å². The monoisotopic (exact) mass is 219 g/mol. The molecule has 2 rings (SSSR count). The second-order valence-corrected chi connectivity index (χ2v) is 4.62. The van der Waals surface area contributed by atoms with Gasteiger partial charge < -0.3 is 10.4 Å². The maximum absolute atomic E-state index is 9.13. The zero-order valence-electron chi connectivity index (χ0n) is 9.73. The van der Waals surface area contributed by atoms with Crippen LogP contribution in [0.15, 0.2) is 30.3 Å². The Hall–Kier alpha value is -0.860. The zero-order valence-corrected chi connectivity index (χ0v) is 9.73. The fraction of sp³-hybridized carbons (Fsp3) is 0.571. The Morgan fingerprint density at radius 3 is 2.50 bits per heavy atom. The molecule has 2 nitrogen and oxygen atoms in total. The summed E-state index contributed by atoms with van der Waals surface area (Å²) in [7, 11) is 0. The molecule has 0 aromatic heterocycles. The minimum absolute atomic E-state index is 0.249. The van der Waals surface area contributed by atoms with Crippen LogP contribution in [0, 0.1) is 0 Å². The van der Waals surface area contributed by atoms with Crippen LogP contribution in [0.4, 0.5) is 0 Å². The van der Waals surface area contributed by atoms with Crippen molar-refractivity contribution in [3.05, 3.63) is 35.9 Å². The molecule has 1 aliphatic rings. The van der Waals surface area contributed by atoms with Gasteiger partial charge in [0.05, 0.1) is 0 Å². The molecular formula is C14H21NO.